The van der Waals surface area contributed by atoms with E-state index in [-0.39, 0.29) is 5.02 Å². The van der Waals surface area contributed by atoms with Crippen molar-refractivity contribution in [3.8, 4) is 11.3 Å². The maximum absolute atomic E-state index is 12.8. The maximum atomic E-state index is 12.8. The molecule has 0 aliphatic carbocycles. The van der Waals surface area contributed by atoms with Crippen molar-refractivity contribution in [3.63, 3.8) is 0 Å². The van der Waals surface area contributed by atoms with E-state index in [9.17, 15) is 13.2 Å². The molecule has 1 aromatic carbocycles. The molecule has 0 N–H and O–H groups in total. The molecule has 0 atom stereocenters. The van der Waals surface area contributed by atoms with Gasteiger partial charge in [0.15, 0.2) is 5.76 Å². The molecular formula is C21H20ClF3N4O. The number of hydrogen-bond donors (Lipinski definition) is 0. The summed E-state index contributed by atoms with van der Waals surface area (Å²) in [5.41, 5.74) is 0.951. The molecule has 4 rings (SSSR count). The van der Waals surface area contributed by atoms with E-state index in [2.05, 4.69) is 15.0 Å². The van der Waals surface area contributed by atoms with Crippen LogP contribution in [0.4, 0.5) is 19.0 Å². The van der Waals surface area contributed by atoms with Gasteiger partial charge in [0.2, 0.25) is 0 Å². The second kappa shape index (κ2) is 8.65. The first-order valence-corrected chi connectivity index (χ1v) is 9.99. The summed E-state index contributed by atoms with van der Waals surface area (Å²) in [7, 11) is 0. The summed E-state index contributed by atoms with van der Waals surface area (Å²) in [5, 5.41) is 4.16. The summed E-state index contributed by atoms with van der Waals surface area (Å²) in [6.07, 6.45) is -2.79. The Kier molecular flexibility index (Phi) is 5.97. The molecule has 0 radical (unpaired) electrons. The van der Waals surface area contributed by atoms with E-state index in [0.717, 1.165) is 42.2 Å². The van der Waals surface area contributed by atoms with Crippen LogP contribution in [0.2, 0.25) is 5.02 Å². The predicted octanol–water partition coefficient (Wildman–Crippen LogP) is 5.12. The lowest BCUT2D eigenvalue weighted by Gasteiger charge is -2.23. The summed E-state index contributed by atoms with van der Waals surface area (Å²) in [6.45, 7) is 3.43. The smallest absolute Gasteiger partial charge is 0.359 e. The number of rotatable bonds is 4. The molecule has 30 heavy (non-hydrogen) atoms. The Morgan fingerprint density at radius 3 is 2.57 bits per heavy atom. The molecular weight excluding hydrogens is 417 g/mol. The quantitative estimate of drug-likeness (QED) is 0.568. The lowest BCUT2D eigenvalue weighted by atomic mass is 10.1. The van der Waals surface area contributed by atoms with Crippen LogP contribution in [0, 0.1) is 0 Å². The second-order valence-electron chi connectivity index (χ2n) is 7.19. The van der Waals surface area contributed by atoms with E-state index in [1.54, 1.807) is 0 Å². The van der Waals surface area contributed by atoms with Gasteiger partial charge in [-0.3, -0.25) is 4.90 Å². The Bertz CT molecular complexity index is 993. The lowest BCUT2D eigenvalue weighted by molar-refractivity contribution is -0.137. The minimum absolute atomic E-state index is 0.0148. The van der Waals surface area contributed by atoms with Crippen LogP contribution in [0.3, 0.4) is 0 Å². The fourth-order valence-corrected chi connectivity index (χ4v) is 3.80. The number of benzene rings is 1. The Morgan fingerprint density at radius 2 is 1.83 bits per heavy atom. The topological polar surface area (TPSA) is 45.4 Å². The van der Waals surface area contributed by atoms with Crippen molar-refractivity contribution in [2.24, 2.45) is 0 Å². The molecule has 1 saturated heterocycles. The Hall–Kier alpha value is -2.58. The van der Waals surface area contributed by atoms with Gasteiger partial charge in [0, 0.05) is 44.0 Å². The van der Waals surface area contributed by atoms with Gasteiger partial charge in [0.1, 0.15) is 11.5 Å². The molecule has 9 heteroatoms. The predicted molar refractivity (Wildman–Crippen MR) is 108 cm³/mol. The van der Waals surface area contributed by atoms with Gasteiger partial charge in [-0.05, 0) is 12.5 Å². The number of hydrogen-bond acceptors (Lipinski definition) is 5. The zero-order valence-corrected chi connectivity index (χ0v) is 16.8. The number of aromatic nitrogens is 2. The van der Waals surface area contributed by atoms with Crippen molar-refractivity contribution in [1.29, 1.82) is 0 Å². The van der Waals surface area contributed by atoms with Crippen molar-refractivity contribution in [2.75, 3.05) is 31.1 Å². The highest BCUT2D eigenvalue weighted by molar-refractivity contribution is 6.33. The van der Waals surface area contributed by atoms with Crippen molar-refractivity contribution in [2.45, 2.75) is 19.1 Å². The van der Waals surface area contributed by atoms with Crippen molar-refractivity contribution >= 4 is 17.4 Å². The average molecular weight is 437 g/mol. The molecule has 0 amide bonds. The van der Waals surface area contributed by atoms with Gasteiger partial charge in [0.25, 0.3) is 0 Å². The van der Waals surface area contributed by atoms with Crippen LogP contribution in [0.25, 0.3) is 11.3 Å². The third-order valence-corrected chi connectivity index (χ3v) is 5.32. The van der Waals surface area contributed by atoms with Crippen LogP contribution >= 0.6 is 11.6 Å². The zero-order valence-electron chi connectivity index (χ0n) is 16.1. The molecule has 2 aromatic heterocycles. The van der Waals surface area contributed by atoms with Gasteiger partial charge in [-0.25, -0.2) is 4.98 Å². The normalized spacial score (nSPS) is 15.9. The van der Waals surface area contributed by atoms with Gasteiger partial charge in [-0.2, -0.15) is 13.2 Å². The van der Waals surface area contributed by atoms with E-state index in [4.69, 9.17) is 16.1 Å². The molecule has 3 heterocycles. The molecule has 1 fully saturated rings. The van der Waals surface area contributed by atoms with E-state index in [0.29, 0.717) is 32.0 Å². The summed E-state index contributed by atoms with van der Waals surface area (Å²) < 4.78 is 44.0. The van der Waals surface area contributed by atoms with Crippen LogP contribution in [0.1, 0.15) is 17.7 Å². The van der Waals surface area contributed by atoms with Gasteiger partial charge >= 0.3 is 6.18 Å². The van der Waals surface area contributed by atoms with Crippen LogP contribution < -0.4 is 4.90 Å². The summed E-state index contributed by atoms with van der Waals surface area (Å²) >= 11 is 6.11. The van der Waals surface area contributed by atoms with Gasteiger partial charge in [0.05, 0.1) is 17.1 Å². The van der Waals surface area contributed by atoms with Crippen LogP contribution in [-0.2, 0) is 12.7 Å². The minimum atomic E-state index is -4.46. The van der Waals surface area contributed by atoms with E-state index >= 15 is 0 Å². The zero-order chi connectivity index (χ0) is 21.1. The van der Waals surface area contributed by atoms with Gasteiger partial charge in [-0.15, -0.1) is 0 Å². The SMILES string of the molecule is FC(F)(F)c1cnc(N2CCCN(Cc3cc(-c4ccccc4)no3)CC2)c(Cl)c1. The fourth-order valence-electron chi connectivity index (χ4n) is 3.51. The minimum Gasteiger partial charge on any atom is -0.359 e. The standard InChI is InChI=1S/C21H20ClF3N4O/c22-18-11-16(21(23,24)25)13-26-20(18)29-8-4-7-28(9-10-29)14-17-12-19(27-30-17)15-5-2-1-3-6-15/h1-3,5-6,11-13H,4,7-10,14H2. The van der Waals surface area contributed by atoms with Gasteiger partial charge in [-0.1, -0.05) is 47.1 Å². The average Bonchev–Trinajstić information content (AvgIpc) is 3.07. The number of halogens is 4. The highest BCUT2D eigenvalue weighted by Crippen LogP contribution is 2.33. The number of nitrogens with zero attached hydrogens (tertiary/aromatic N) is 4. The summed E-state index contributed by atoms with van der Waals surface area (Å²) in [4.78, 5) is 8.14. The molecule has 0 unspecified atom stereocenters. The van der Waals surface area contributed by atoms with Crippen LogP contribution in [0.5, 0.6) is 0 Å². The first-order chi connectivity index (χ1) is 14.4. The maximum Gasteiger partial charge on any atom is 0.417 e. The molecule has 0 bridgehead atoms. The number of alkyl halides is 3. The summed E-state index contributed by atoms with van der Waals surface area (Å²) in [5.74, 6) is 1.16. The molecule has 158 valence electrons. The van der Waals surface area contributed by atoms with Crippen molar-refractivity contribution < 1.29 is 17.7 Å². The molecule has 0 saturated carbocycles. The summed E-state index contributed by atoms with van der Waals surface area (Å²) in [6, 6.07) is 12.7. The first kappa shape index (κ1) is 20.7. The van der Waals surface area contributed by atoms with Gasteiger partial charge < -0.3 is 9.42 Å². The van der Waals surface area contributed by atoms with Crippen molar-refractivity contribution in [1.82, 2.24) is 15.0 Å². The lowest BCUT2D eigenvalue weighted by Crippen LogP contribution is -2.31. The van der Waals surface area contributed by atoms with E-state index in [1.807, 2.05) is 41.3 Å². The Morgan fingerprint density at radius 1 is 1.03 bits per heavy atom. The fraction of sp³-hybridized carbons (Fsp3) is 0.333. The second-order valence-corrected chi connectivity index (χ2v) is 7.60. The highest BCUT2D eigenvalue weighted by Gasteiger charge is 2.32. The van der Waals surface area contributed by atoms with Crippen LogP contribution in [-0.4, -0.2) is 41.2 Å². The third-order valence-electron chi connectivity index (χ3n) is 5.05. The first-order valence-electron chi connectivity index (χ1n) is 9.61. The molecule has 1 aliphatic heterocycles. The monoisotopic (exact) mass is 436 g/mol. The molecule has 3 aromatic rings. The Labute approximate surface area is 177 Å². The molecule has 0 spiro atoms. The van der Waals surface area contributed by atoms with E-state index in [1.165, 1.54) is 0 Å². The Balaban J connectivity index is 1.40. The highest BCUT2D eigenvalue weighted by atomic mass is 35.5. The largest absolute Gasteiger partial charge is 0.417 e. The third kappa shape index (κ3) is 4.76. The molecule has 1 aliphatic rings. The van der Waals surface area contributed by atoms with E-state index < -0.39 is 11.7 Å². The number of pyridine rings is 1. The number of anilines is 1. The van der Waals surface area contributed by atoms with Crippen molar-refractivity contribution in [3.05, 3.63) is 65.0 Å². The molecule has 5 nitrogen and oxygen atoms in total. The van der Waals surface area contributed by atoms with Crippen LogP contribution in [0.15, 0.2) is 53.2 Å².